The summed E-state index contributed by atoms with van der Waals surface area (Å²) in [4.78, 5) is 17.4. The third-order valence-electron chi connectivity index (χ3n) is 6.58. The Labute approximate surface area is 173 Å². The minimum absolute atomic E-state index is 0.0934. The van der Waals surface area contributed by atoms with E-state index in [1.54, 1.807) is 6.07 Å². The van der Waals surface area contributed by atoms with Crippen molar-refractivity contribution in [3.63, 3.8) is 0 Å². The molecule has 4 nitrogen and oxygen atoms in total. The predicted molar refractivity (Wildman–Crippen MR) is 111 cm³/mol. The van der Waals surface area contributed by atoms with Crippen molar-refractivity contribution >= 4 is 5.91 Å². The Morgan fingerprint density at radius 2 is 1.76 bits per heavy atom. The van der Waals surface area contributed by atoms with E-state index in [-0.39, 0.29) is 11.9 Å². The molecule has 1 N–H and O–H groups in total. The zero-order valence-electron chi connectivity index (χ0n) is 18.0. The SMILES string of the molecule is CC(C)(C)C1CCN(CC(=O)N(Cc2ccc(F)c(F)c2)C2CCNCC2)CC1. The summed E-state index contributed by atoms with van der Waals surface area (Å²) < 4.78 is 27.0. The van der Waals surface area contributed by atoms with Gasteiger partial charge >= 0.3 is 0 Å². The van der Waals surface area contributed by atoms with Crippen LogP contribution in [0.5, 0.6) is 0 Å². The average molecular weight is 408 g/mol. The van der Waals surface area contributed by atoms with Gasteiger partial charge < -0.3 is 10.2 Å². The van der Waals surface area contributed by atoms with Gasteiger partial charge in [-0.2, -0.15) is 0 Å². The Bertz CT molecular complexity index is 690. The van der Waals surface area contributed by atoms with Crippen LogP contribution >= 0.6 is 0 Å². The number of halogens is 2. The van der Waals surface area contributed by atoms with Crippen LogP contribution in [0.3, 0.4) is 0 Å². The Balaban J connectivity index is 1.65. The lowest BCUT2D eigenvalue weighted by Gasteiger charge is -2.40. The molecule has 2 aliphatic heterocycles. The molecule has 0 bridgehead atoms. The topological polar surface area (TPSA) is 35.6 Å². The number of nitrogens with one attached hydrogen (secondary N) is 1. The van der Waals surface area contributed by atoms with Crippen LogP contribution in [-0.2, 0) is 11.3 Å². The molecule has 1 amide bonds. The van der Waals surface area contributed by atoms with Gasteiger partial charge in [-0.3, -0.25) is 9.69 Å². The summed E-state index contributed by atoms with van der Waals surface area (Å²) in [6.45, 7) is 11.3. The molecular formula is C23H35F2N3O. The van der Waals surface area contributed by atoms with Crippen molar-refractivity contribution in [3.8, 4) is 0 Å². The van der Waals surface area contributed by atoms with Crippen LogP contribution in [-0.4, -0.2) is 54.5 Å². The van der Waals surface area contributed by atoms with Crippen molar-refractivity contribution in [1.29, 1.82) is 0 Å². The summed E-state index contributed by atoms with van der Waals surface area (Å²) >= 11 is 0. The molecule has 0 atom stereocenters. The lowest BCUT2D eigenvalue weighted by Crippen LogP contribution is -2.50. The van der Waals surface area contributed by atoms with Gasteiger partial charge in [0, 0.05) is 12.6 Å². The highest BCUT2D eigenvalue weighted by Gasteiger charge is 2.31. The summed E-state index contributed by atoms with van der Waals surface area (Å²) in [5.41, 5.74) is 0.950. The predicted octanol–water partition coefficient (Wildman–Crippen LogP) is 3.80. The van der Waals surface area contributed by atoms with Crippen molar-refractivity contribution in [1.82, 2.24) is 15.1 Å². The molecule has 2 aliphatic rings. The number of carbonyl (C=O) groups excluding carboxylic acids is 1. The average Bonchev–Trinajstić information content (AvgIpc) is 2.69. The number of amides is 1. The fourth-order valence-electron chi connectivity index (χ4n) is 4.61. The van der Waals surface area contributed by atoms with E-state index in [1.165, 1.54) is 6.07 Å². The quantitative estimate of drug-likeness (QED) is 0.806. The van der Waals surface area contributed by atoms with Gasteiger partial charge in [-0.25, -0.2) is 8.78 Å². The zero-order valence-corrected chi connectivity index (χ0v) is 18.0. The first-order chi connectivity index (χ1) is 13.7. The van der Waals surface area contributed by atoms with E-state index in [0.717, 1.165) is 57.9 Å². The first-order valence-electron chi connectivity index (χ1n) is 10.9. The normalized spacial score (nSPS) is 20.0. The van der Waals surface area contributed by atoms with Crippen molar-refractivity contribution in [2.75, 3.05) is 32.7 Å². The highest BCUT2D eigenvalue weighted by molar-refractivity contribution is 5.78. The van der Waals surface area contributed by atoms with Crippen molar-refractivity contribution in [2.45, 2.75) is 59.0 Å². The van der Waals surface area contributed by atoms with Crippen LogP contribution in [0.4, 0.5) is 8.78 Å². The van der Waals surface area contributed by atoms with E-state index in [2.05, 4.69) is 31.0 Å². The summed E-state index contributed by atoms with van der Waals surface area (Å²) in [5, 5.41) is 3.33. The van der Waals surface area contributed by atoms with Crippen LogP contribution in [0.2, 0.25) is 0 Å². The van der Waals surface area contributed by atoms with Crippen molar-refractivity contribution < 1.29 is 13.6 Å². The maximum absolute atomic E-state index is 13.7. The highest BCUT2D eigenvalue weighted by atomic mass is 19.2. The molecule has 1 aromatic carbocycles. The monoisotopic (exact) mass is 407 g/mol. The summed E-state index contributed by atoms with van der Waals surface area (Å²) in [5.74, 6) is -0.924. The van der Waals surface area contributed by atoms with Crippen LogP contribution in [0.1, 0.15) is 52.0 Å². The number of hydrogen-bond donors (Lipinski definition) is 1. The third kappa shape index (κ3) is 5.98. The van der Waals surface area contributed by atoms with Crippen LogP contribution in [0.25, 0.3) is 0 Å². The van der Waals surface area contributed by atoms with E-state index >= 15 is 0 Å². The molecule has 0 unspecified atom stereocenters. The molecule has 2 heterocycles. The van der Waals surface area contributed by atoms with E-state index in [9.17, 15) is 13.6 Å². The molecule has 29 heavy (non-hydrogen) atoms. The summed E-state index contributed by atoms with van der Waals surface area (Å²) in [6.07, 6.45) is 4.02. The van der Waals surface area contributed by atoms with Crippen LogP contribution in [0.15, 0.2) is 18.2 Å². The standard InChI is InChI=1S/C23H35F2N3O/c1-23(2,3)18-8-12-27(13-9-18)16-22(29)28(19-6-10-26-11-7-19)15-17-4-5-20(24)21(25)14-17/h4-5,14,18-19,26H,6-13,15-16H2,1-3H3. The molecule has 2 fully saturated rings. The fraction of sp³-hybridized carbons (Fsp3) is 0.696. The molecule has 0 aromatic heterocycles. The molecular weight excluding hydrogens is 372 g/mol. The Kier molecular flexibility index (Phi) is 7.28. The van der Waals surface area contributed by atoms with Gasteiger partial charge in [0.25, 0.3) is 0 Å². The second-order valence-corrected chi connectivity index (χ2v) is 9.67. The highest BCUT2D eigenvalue weighted by Crippen LogP contribution is 2.34. The van der Waals surface area contributed by atoms with Crippen LogP contribution < -0.4 is 5.32 Å². The first-order valence-corrected chi connectivity index (χ1v) is 10.9. The Morgan fingerprint density at radius 1 is 1.10 bits per heavy atom. The molecule has 1 aromatic rings. The number of rotatable bonds is 5. The van der Waals surface area contributed by atoms with Gasteiger partial charge in [-0.1, -0.05) is 26.8 Å². The molecule has 0 aliphatic carbocycles. The lowest BCUT2D eigenvalue weighted by atomic mass is 9.75. The lowest BCUT2D eigenvalue weighted by molar-refractivity contribution is -0.136. The van der Waals surface area contributed by atoms with E-state index in [1.807, 2.05) is 4.90 Å². The minimum atomic E-state index is -0.857. The second kappa shape index (κ2) is 9.52. The van der Waals surface area contributed by atoms with Crippen molar-refractivity contribution in [3.05, 3.63) is 35.4 Å². The smallest absolute Gasteiger partial charge is 0.237 e. The van der Waals surface area contributed by atoms with Gasteiger partial charge in [-0.15, -0.1) is 0 Å². The number of nitrogens with zero attached hydrogens (tertiary/aromatic N) is 2. The number of carbonyl (C=O) groups is 1. The maximum atomic E-state index is 13.7. The molecule has 0 spiro atoms. The number of benzene rings is 1. The largest absolute Gasteiger partial charge is 0.334 e. The second-order valence-electron chi connectivity index (χ2n) is 9.67. The molecule has 2 saturated heterocycles. The first kappa shape index (κ1) is 22.2. The minimum Gasteiger partial charge on any atom is -0.334 e. The molecule has 3 rings (SSSR count). The van der Waals surface area contributed by atoms with E-state index in [0.29, 0.717) is 30.0 Å². The molecule has 0 saturated carbocycles. The van der Waals surface area contributed by atoms with Crippen molar-refractivity contribution in [2.24, 2.45) is 11.3 Å². The number of likely N-dealkylation sites (tertiary alicyclic amines) is 1. The summed E-state index contributed by atoms with van der Waals surface area (Å²) in [7, 11) is 0. The Morgan fingerprint density at radius 3 is 2.34 bits per heavy atom. The molecule has 162 valence electrons. The number of piperidine rings is 2. The van der Waals surface area contributed by atoms with Gasteiger partial charge in [-0.05, 0) is 80.9 Å². The van der Waals surface area contributed by atoms with Gasteiger partial charge in [0.2, 0.25) is 5.91 Å². The van der Waals surface area contributed by atoms with E-state index in [4.69, 9.17) is 0 Å². The maximum Gasteiger partial charge on any atom is 0.237 e. The van der Waals surface area contributed by atoms with Gasteiger partial charge in [0.1, 0.15) is 0 Å². The van der Waals surface area contributed by atoms with Gasteiger partial charge in [0.05, 0.1) is 6.54 Å². The van der Waals surface area contributed by atoms with E-state index < -0.39 is 11.6 Å². The van der Waals surface area contributed by atoms with Gasteiger partial charge in [0.15, 0.2) is 11.6 Å². The zero-order chi connectivity index (χ0) is 21.0. The Hall–Kier alpha value is -1.53. The van der Waals surface area contributed by atoms with Crippen LogP contribution in [0, 0.1) is 23.0 Å². The molecule has 6 heteroatoms. The third-order valence-corrected chi connectivity index (χ3v) is 6.58. The number of hydrogen-bond acceptors (Lipinski definition) is 3. The fourth-order valence-corrected chi connectivity index (χ4v) is 4.61. The summed E-state index contributed by atoms with van der Waals surface area (Å²) in [6, 6.07) is 4.08. The molecule has 0 radical (unpaired) electrons.